The fourth-order valence-electron chi connectivity index (χ4n) is 2.03. The Kier molecular flexibility index (Phi) is 6.62. The van der Waals surface area contributed by atoms with Crippen LogP contribution in [0.2, 0.25) is 0 Å². The molecule has 6 heteroatoms. The minimum Gasteiger partial charge on any atom is -0.384 e. The van der Waals surface area contributed by atoms with E-state index >= 15 is 0 Å². The number of hydrogen-bond acceptors (Lipinski definition) is 3. The average molecular weight is 396 g/mol. The Bertz CT molecular complexity index is 624. The van der Waals surface area contributed by atoms with Gasteiger partial charge in [-0.15, -0.1) is 0 Å². The van der Waals surface area contributed by atoms with Crippen LogP contribution in [0.5, 0.6) is 0 Å². The van der Waals surface area contributed by atoms with Crippen molar-refractivity contribution < 1.29 is 5.11 Å². The van der Waals surface area contributed by atoms with E-state index in [1.807, 2.05) is 48.0 Å². The van der Waals surface area contributed by atoms with Gasteiger partial charge in [0.1, 0.15) is 5.60 Å². The van der Waals surface area contributed by atoms with Gasteiger partial charge in [-0.25, -0.2) is 4.99 Å². The smallest absolute Gasteiger partial charge is 0.191 e. The highest BCUT2D eigenvalue weighted by Crippen LogP contribution is 2.21. The first-order valence-corrected chi connectivity index (χ1v) is 9.26. The maximum atomic E-state index is 10.6. The average Bonchev–Trinajstić information content (AvgIpc) is 3.07. The van der Waals surface area contributed by atoms with Crippen molar-refractivity contribution >= 4 is 33.2 Å². The highest BCUT2D eigenvalue weighted by atomic mass is 79.9. The summed E-state index contributed by atoms with van der Waals surface area (Å²) in [5.74, 6) is 0.700. The molecule has 1 unspecified atom stereocenters. The first-order valence-electron chi connectivity index (χ1n) is 7.53. The summed E-state index contributed by atoms with van der Waals surface area (Å²) in [6, 6.07) is 10.0. The number of aliphatic hydroxyl groups is 1. The number of nitrogens with zero attached hydrogens (tertiary/aromatic N) is 1. The second-order valence-electron chi connectivity index (χ2n) is 5.46. The molecule has 0 spiro atoms. The molecule has 124 valence electrons. The van der Waals surface area contributed by atoms with Gasteiger partial charge in [0.05, 0.1) is 13.1 Å². The van der Waals surface area contributed by atoms with Crippen molar-refractivity contribution in [3.63, 3.8) is 0 Å². The second kappa shape index (κ2) is 8.47. The summed E-state index contributed by atoms with van der Waals surface area (Å²) < 4.78 is 1.06. The van der Waals surface area contributed by atoms with Gasteiger partial charge in [-0.05, 0) is 53.9 Å². The number of nitrogens with one attached hydrogen (secondary N) is 2. The SMILES string of the molecule is CCNC(=NCc1ccc(Br)cc1)NCC(C)(O)c1ccsc1. The summed E-state index contributed by atoms with van der Waals surface area (Å²) in [6.07, 6.45) is 0. The molecule has 2 rings (SSSR count). The third-order valence-corrected chi connectivity index (χ3v) is 4.63. The number of aliphatic imine (C=N–C) groups is 1. The largest absolute Gasteiger partial charge is 0.384 e. The van der Waals surface area contributed by atoms with E-state index in [9.17, 15) is 5.11 Å². The number of benzene rings is 1. The zero-order valence-corrected chi connectivity index (χ0v) is 15.7. The lowest BCUT2D eigenvalue weighted by Crippen LogP contribution is -2.44. The molecule has 3 N–H and O–H groups in total. The summed E-state index contributed by atoms with van der Waals surface area (Å²) in [5, 5.41) is 20.9. The summed E-state index contributed by atoms with van der Waals surface area (Å²) in [6.45, 7) is 5.58. The van der Waals surface area contributed by atoms with Gasteiger partial charge in [0.2, 0.25) is 0 Å². The molecular weight excluding hydrogens is 374 g/mol. The van der Waals surface area contributed by atoms with Crippen LogP contribution in [-0.2, 0) is 12.1 Å². The second-order valence-corrected chi connectivity index (χ2v) is 7.16. The molecule has 0 fully saturated rings. The molecule has 1 aromatic carbocycles. The van der Waals surface area contributed by atoms with E-state index in [1.54, 1.807) is 18.3 Å². The number of guanidine groups is 1. The number of thiophene rings is 1. The highest BCUT2D eigenvalue weighted by Gasteiger charge is 2.23. The van der Waals surface area contributed by atoms with Crippen LogP contribution in [0.15, 0.2) is 50.6 Å². The van der Waals surface area contributed by atoms with Crippen LogP contribution in [0.4, 0.5) is 0 Å². The highest BCUT2D eigenvalue weighted by molar-refractivity contribution is 9.10. The van der Waals surface area contributed by atoms with E-state index < -0.39 is 5.60 Å². The van der Waals surface area contributed by atoms with Gasteiger partial charge in [-0.3, -0.25) is 0 Å². The van der Waals surface area contributed by atoms with Crippen molar-refractivity contribution in [1.29, 1.82) is 0 Å². The third-order valence-electron chi connectivity index (χ3n) is 3.42. The normalized spacial score (nSPS) is 14.3. The van der Waals surface area contributed by atoms with Gasteiger partial charge in [0.25, 0.3) is 0 Å². The summed E-state index contributed by atoms with van der Waals surface area (Å²) in [7, 11) is 0. The zero-order chi connectivity index (χ0) is 16.7. The van der Waals surface area contributed by atoms with Gasteiger partial charge in [0, 0.05) is 11.0 Å². The molecular formula is C17H22BrN3OS. The fourth-order valence-corrected chi connectivity index (χ4v) is 3.08. The predicted octanol–water partition coefficient (Wildman–Crippen LogP) is 3.47. The standard InChI is InChI=1S/C17H22BrN3OS/c1-3-19-16(20-10-13-4-6-15(18)7-5-13)21-12-17(2,22)14-8-9-23-11-14/h4-9,11,22H,3,10,12H2,1-2H3,(H2,19,20,21). The van der Waals surface area contributed by atoms with E-state index in [0.717, 1.165) is 22.1 Å². The quantitative estimate of drug-likeness (QED) is 0.518. The molecule has 0 saturated carbocycles. The number of rotatable bonds is 6. The first kappa shape index (κ1) is 18.0. The fraction of sp³-hybridized carbons (Fsp3) is 0.353. The maximum Gasteiger partial charge on any atom is 0.191 e. The molecule has 23 heavy (non-hydrogen) atoms. The topological polar surface area (TPSA) is 56.7 Å². The molecule has 2 aromatic rings. The molecule has 1 heterocycles. The van der Waals surface area contributed by atoms with E-state index in [4.69, 9.17) is 0 Å². The minimum absolute atomic E-state index is 0.399. The number of hydrogen-bond donors (Lipinski definition) is 3. The lowest BCUT2D eigenvalue weighted by molar-refractivity contribution is 0.0621. The van der Waals surface area contributed by atoms with Crippen LogP contribution >= 0.6 is 27.3 Å². The van der Waals surface area contributed by atoms with Gasteiger partial charge >= 0.3 is 0 Å². The van der Waals surface area contributed by atoms with E-state index in [1.165, 1.54) is 0 Å². The van der Waals surface area contributed by atoms with Gasteiger partial charge in [0.15, 0.2) is 5.96 Å². The molecule has 4 nitrogen and oxygen atoms in total. The Hall–Kier alpha value is -1.37. The van der Waals surface area contributed by atoms with Crippen LogP contribution in [0.1, 0.15) is 25.0 Å². The van der Waals surface area contributed by atoms with E-state index in [0.29, 0.717) is 19.0 Å². The Labute approximate surface area is 149 Å². The Morgan fingerprint density at radius 1 is 1.26 bits per heavy atom. The van der Waals surface area contributed by atoms with Gasteiger partial charge in [-0.1, -0.05) is 28.1 Å². The molecule has 0 saturated heterocycles. The maximum absolute atomic E-state index is 10.6. The summed E-state index contributed by atoms with van der Waals surface area (Å²) in [5.41, 5.74) is 1.13. The van der Waals surface area contributed by atoms with Crippen LogP contribution in [0, 0.1) is 0 Å². The lowest BCUT2D eigenvalue weighted by Gasteiger charge is -2.24. The monoisotopic (exact) mass is 395 g/mol. The van der Waals surface area contributed by atoms with Gasteiger partial charge < -0.3 is 15.7 Å². The van der Waals surface area contributed by atoms with Crippen molar-refractivity contribution in [3.05, 3.63) is 56.7 Å². The Morgan fingerprint density at radius 2 is 2.00 bits per heavy atom. The van der Waals surface area contributed by atoms with Crippen molar-refractivity contribution in [2.75, 3.05) is 13.1 Å². The van der Waals surface area contributed by atoms with E-state index in [-0.39, 0.29) is 0 Å². The lowest BCUT2D eigenvalue weighted by atomic mass is 9.99. The van der Waals surface area contributed by atoms with Crippen molar-refractivity contribution in [3.8, 4) is 0 Å². The number of halogens is 1. The van der Waals surface area contributed by atoms with E-state index in [2.05, 4.69) is 31.6 Å². The third kappa shape index (κ3) is 5.64. The molecule has 0 aliphatic heterocycles. The van der Waals surface area contributed by atoms with Crippen LogP contribution in [0.3, 0.4) is 0 Å². The predicted molar refractivity (Wildman–Crippen MR) is 101 cm³/mol. The zero-order valence-electron chi connectivity index (χ0n) is 13.3. The first-order chi connectivity index (χ1) is 11.0. The van der Waals surface area contributed by atoms with Crippen LogP contribution in [0.25, 0.3) is 0 Å². The van der Waals surface area contributed by atoms with Crippen molar-refractivity contribution in [1.82, 2.24) is 10.6 Å². The molecule has 1 atom stereocenters. The molecule has 0 bridgehead atoms. The van der Waals surface area contributed by atoms with Crippen molar-refractivity contribution in [2.24, 2.45) is 4.99 Å². The Morgan fingerprint density at radius 3 is 2.61 bits per heavy atom. The molecule has 1 aromatic heterocycles. The minimum atomic E-state index is -0.923. The molecule has 0 aliphatic carbocycles. The van der Waals surface area contributed by atoms with Crippen molar-refractivity contribution in [2.45, 2.75) is 26.0 Å². The molecule has 0 radical (unpaired) electrons. The molecule has 0 amide bonds. The summed E-state index contributed by atoms with van der Waals surface area (Å²) in [4.78, 5) is 4.57. The molecule has 0 aliphatic rings. The Balaban J connectivity index is 1.97. The van der Waals surface area contributed by atoms with Gasteiger partial charge in [-0.2, -0.15) is 11.3 Å². The summed E-state index contributed by atoms with van der Waals surface area (Å²) >= 11 is 5.01. The van der Waals surface area contributed by atoms with Crippen LogP contribution < -0.4 is 10.6 Å². The van der Waals surface area contributed by atoms with Crippen LogP contribution in [-0.4, -0.2) is 24.2 Å².